The van der Waals surface area contributed by atoms with Crippen molar-refractivity contribution in [3.05, 3.63) is 0 Å². The molecule has 0 bridgehead atoms. The van der Waals surface area contributed by atoms with Crippen LogP contribution in [0.25, 0.3) is 0 Å². The predicted octanol–water partition coefficient (Wildman–Crippen LogP) is 0.553. The molecule has 0 aromatic heterocycles. The molecule has 0 aliphatic heterocycles. The molecule has 0 aromatic rings. The number of hydrogen-bond acceptors (Lipinski definition) is 6. The predicted molar refractivity (Wildman–Crippen MR) is 77.1 cm³/mol. The van der Waals surface area contributed by atoms with Crippen molar-refractivity contribution < 1.29 is 39.0 Å². The fraction of sp³-hybridized carbons (Fsp3) is 0.625. The largest absolute Gasteiger partial charge is 0.481 e. The van der Waals surface area contributed by atoms with Crippen LogP contribution in [0.2, 0.25) is 0 Å². The highest BCUT2D eigenvalue weighted by molar-refractivity contribution is 6.34. The molecular weight excluding hydrogens is 320 g/mol. The van der Waals surface area contributed by atoms with Crippen LogP contribution in [0.15, 0.2) is 0 Å². The molecule has 0 aromatic carbocycles. The van der Waals surface area contributed by atoms with Crippen LogP contribution in [0.3, 0.4) is 0 Å². The average Bonchev–Trinajstić information content (AvgIpc) is 2.95. The second kappa shape index (κ2) is 6.26. The highest BCUT2D eigenvalue weighted by Crippen LogP contribution is 2.55. The first-order valence-corrected chi connectivity index (χ1v) is 7.79. The zero-order chi connectivity index (χ0) is 18.1. The van der Waals surface area contributed by atoms with Crippen LogP contribution >= 0.6 is 0 Å². The molecule has 130 valence electrons. The summed E-state index contributed by atoms with van der Waals surface area (Å²) in [5, 5.41) is 18.3. The maximum Gasteiger partial charge on any atom is 0.326 e. The normalized spacial score (nSPS) is 22.2. The summed E-state index contributed by atoms with van der Waals surface area (Å²) in [6, 6.07) is 0. The Morgan fingerprint density at radius 2 is 1.25 bits per heavy atom. The Balaban J connectivity index is 2.49. The lowest BCUT2D eigenvalue weighted by Gasteiger charge is -2.38. The van der Waals surface area contributed by atoms with Gasteiger partial charge >= 0.3 is 11.9 Å². The molecule has 2 aliphatic rings. The fourth-order valence-electron chi connectivity index (χ4n) is 4.01. The van der Waals surface area contributed by atoms with Gasteiger partial charge in [-0.25, -0.2) is 0 Å². The van der Waals surface area contributed by atoms with Crippen LogP contribution in [0.4, 0.5) is 0 Å². The molecular formula is C16H18O8. The molecule has 0 unspecified atom stereocenters. The van der Waals surface area contributed by atoms with Crippen LogP contribution in [0.5, 0.6) is 0 Å². The molecule has 24 heavy (non-hydrogen) atoms. The van der Waals surface area contributed by atoms with E-state index in [2.05, 4.69) is 0 Å². The monoisotopic (exact) mass is 338 g/mol. The van der Waals surface area contributed by atoms with Crippen molar-refractivity contribution in [3.8, 4) is 0 Å². The van der Waals surface area contributed by atoms with Crippen LogP contribution in [-0.2, 0) is 28.8 Å². The van der Waals surface area contributed by atoms with Gasteiger partial charge in [0.2, 0.25) is 5.41 Å². The van der Waals surface area contributed by atoms with Gasteiger partial charge in [0.1, 0.15) is 17.0 Å². The quantitative estimate of drug-likeness (QED) is 0.506. The number of hydrogen-bond donors (Lipinski definition) is 2. The molecule has 0 spiro atoms. The number of unbranched alkanes of at least 4 members (excludes halogenated alkanes) is 1. The van der Waals surface area contributed by atoms with Crippen molar-refractivity contribution in [2.24, 2.45) is 10.8 Å². The molecule has 0 heterocycles. The Morgan fingerprint density at radius 1 is 0.792 bits per heavy atom. The summed E-state index contributed by atoms with van der Waals surface area (Å²) in [5.74, 6) is -6.02. The first kappa shape index (κ1) is 18.0. The Labute approximate surface area is 137 Å². The lowest BCUT2D eigenvalue weighted by Crippen LogP contribution is -2.60. The molecule has 8 nitrogen and oxygen atoms in total. The van der Waals surface area contributed by atoms with E-state index in [-0.39, 0.29) is 51.4 Å². The standard InChI is InChI=1S/C16H18O8/c17-9-4-5-10(18)15(9,8-2-1-3-13(21)22)16(14(23)24)11(19)6-7-12(16)20/h1-8H2,(H,21,22)(H,23,24). The van der Waals surface area contributed by atoms with E-state index in [0.717, 1.165) is 0 Å². The third-order valence-electron chi connectivity index (χ3n) is 5.10. The SMILES string of the molecule is O=C(O)CCCCC1(C2(C(=O)O)C(=O)CCC2=O)C(=O)CCC1=O. The Kier molecular flexibility index (Phi) is 4.68. The van der Waals surface area contributed by atoms with Gasteiger partial charge in [0.15, 0.2) is 11.6 Å². The number of Topliss-reactive ketones (excluding diaryl/α,β-unsaturated/α-hetero) is 4. The second-order valence-electron chi connectivity index (χ2n) is 6.25. The van der Waals surface area contributed by atoms with E-state index in [1.54, 1.807) is 0 Å². The highest BCUT2D eigenvalue weighted by atomic mass is 16.4. The average molecular weight is 338 g/mol. The first-order valence-electron chi connectivity index (χ1n) is 7.79. The summed E-state index contributed by atoms with van der Waals surface area (Å²) in [4.78, 5) is 72.3. The first-order chi connectivity index (χ1) is 11.2. The van der Waals surface area contributed by atoms with Crippen molar-refractivity contribution in [1.29, 1.82) is 0 Å². The van der Waals surface area contributed by atoms with Crippen molar-refractivity contribution in [3.63, 3.8) is 0 Å². The molecule has 2 rings (SSSR count). The summed E-state index contributed by atoms with van der Waals surface area (Å²) >= 11 is 0. The summed E-state index contributed by atoms with van der Waals surface area (Å²) in [6.07, 6.45) is -1.32. The van der Waals surface area contributed by atoms with Crippen molar-refractivity contribution >= 4 is 35.1 Å². The Morgan fingerprint density at radius 3 is 1.67 bits per heavy atom. The molecule has 2 aliphatic carbocycles. The van der Waals surface area contributed by atoms with E-state index < -0.39 is 45.9 Å². The molecule has 2 fully saturated rings. The summed E-state index contributed by atoms with van der Waals surface area (Å²) in [5.41, 5.74) is -4.82. The molecule has 0 amide bonds. The van der Waals surface area contributed by atoms with Gasteiger partial charge in [0.05, 0.1) is 0 Å². The molecule has 0 saturated heterocycles. The highest BCUT2D eigenvalue weighted by Gasteiger charge is 2.74. The van der Waals surface area contributed by atoms with Gasteiger partial charge in [0.25, 0.3) is 0 Å². The van der Waals surface area contributed by atoms with E-state index in [9.17, 15) is 33.9 Å². The summed E-state index contributed by atoms with van der Waals surface area (Å²) in [7, 11) is 0. The second-order valence-corrected chi connectivity index (χ2v) is 6.25. The minimum atomic E-state index is -2.64. The fourth-order valence-corrected chi connectivity index (χ4v) is 4.01. The van der Waals surface area contributed by atoms with E-state index in [4.69, 9.17) is 5.11 Å². The lowest BCUT2D eigenvalue weighted by molar-refractivity contribution is -0.174. The van der Waals surface area contributed by atoms with Crippen LogP contribution < -0.4 is 0 Å². The molecule has 0 atom stereocenters. The van der Waals surface area contributed by atoms with E-state index in [1.807, 2.05) is 0 Å². The number of aliphatic carboxylic acids is 2. The van der Waals surface area contributed by atoms with E-state index in [1.165, 1.54) is 0 Å². The smallest absolute Gasteiger partial charge is 0.326 e. The minimum absolute atomic E-state index is 0.0688. The third kappa shape index (κ3) is 2.28. The van der Waals surface area contributed by atoms with Gasteiger partial charge < -0.3 is 10.2 Å². The van der Waals surface area contributed by atoms with Crippen molar-refractivity contribution in [2.45, 2.75) is 51.4 Å². The van der Waals surface area contributed by atoms with Gasteiger partial charge in [-0.2, -0.15) is 0 Å². The van der Waals surface area contributed by atoms with Crippen LogP contribution in [0.1, 0.15) is 51.4 Å². The maximum absolute atomic E-state index is 12.5. The van der Waals surface area contributed by atoms with Gasteiger partial charge in [-0.3, -0.25) is 28.8 Å². The number of carboxylic acids is 2. The molecule has 8 heteroatoms. The van der Waals surface area contributed by atoms with Crippen molar-refractivity contribution in [1.82, 2.24) is 0 Å². The maximum atomic E-state index is 12.5. The Hall–Kier alpha value is -2.38. The number of ketones is 4. The third-order valence-corrected chi connectivity index (χ3v) is 5.10. The summed E-state index contributed by atoms with van der Waals surface area (Å²) in [6.45, 7) is 0. The van der Waals surface area contributed by atoms with Crippen LogP contribution in [-0.4, -0.2) is 45.3 Å². The Bertz CT molecular complexity index is 612. The minimum Gasteiger partial charge on any atom is -0.481 e. The zero-order valence-corrected chi connectivity index (χ0v) is 13.0. The topological polar surface area (TPSA) is 143 Å². The number of carbonyl (C=O) groups excluding carboxylic acids is 4. The van der Waals surface area contributed by atoms with Crippen LogP contribution in [0, 0.1) is 10.8 Å². The number of rotatable bonds is 7. The number of carboxylic acid groups (broad SMARTS) is 2. The molecule has 2 saturated carbocycles. The molecule has 0 radical (unpaired) electrons. The van der Waals surface area contributed by atoms with Gasteiger partial charge in [0, 0.05) is 32.1 Å². The van der Waals surface area contributed by atoms with Gasteiger partial charge in [-0.1, -0.05) is 6.42 Å². The van der Waals surface area contributed by atoms with E-state index in [0.29, 0.717) is 0 Å². The van der Waals surface area contributed by atoms with Crippen molar-refractivity contribution in [2.75, 3.05) is 0 Å². The van der Waals surface area contributed by atoms with Gasteiger partial charge in [-0.15, -0.1) is 0 Å². The van der Waals surface area contributed by atoms with Gasteiger partial charge in [-0.05, 0) is 12.8 Å². The zero-order valence-electron chi connectivity index (χ0n) is 13.0. The van der Waals surface area contributed by atoms with E-state index >= 15 is 0 Å². The molecule has 2 N–H and O–H groups in total. The summed E-state index contributed by atoms with van der Waals surface area (Å²) < 4.78 is 0. The number of carbonyl (C=O) groups is 6. The lowest BCUT2D eigenvalue weighted by atomic mass is 9.57.